The third kappa shape index (κ3) is 4.75. The Hall–Kier alpha value is -3.46. The van der Waals surface area contributed by atoms with E-state index < -0.39 is 28.6 Å². The normalized spacial score (nSPS) is 18.1. The number of anilines is 1. The largest absolute Gasteiger partial charge is 0.476 e. The molecule has 2 aliphatic heterocycles. The van der Waals surface area contributed by atoms with E-state index in [1.165, 1.54) is 36.2 Å². The Balaban J connectivity index is 1.53. The van der Waals surface area contributed by atoms with Crippen LogP contribution in [0.1, 0.15) is 5.56 Å². The van der Waals surface area contributed by atoms with E-state index in [2.05, 4.69) is 0 Å². The van der Waals surface area contributed by atoms with Crippen LogP contribution in [0.4, 0.5) is 5.69 Å². The van der Waals surface area contributed by atoms with Gasteiger partial charge in [-0.3, -0.25) is 9.59 Å². The smallest absolute Gasteiger partial charge is 0.265 e. The molecule has 0 aromatic heterocycles. The number of para-hydroxylation sites is 2. The Kier molecular flexibility index (Phi) is 6.83. The Morgan fingerprint density at radius 3 is 2.47 bits per heavy atom. The van der Waals surface area contributed by atoms with Crippen LogP contribution in [0, 0.1) is 11.3 Å². The van der Waals surface area contributed by atoms with Gasteiger partial charge in [-0.1, -0.05) is 12.1 Å². The molecule has 34 heavy (non-hydrogen) atoms. The van der Waals surface area contributed by atoms with E-state index in [1.807, 2.05) is 6.07 Å². The van der Waals surface area contributed by atoms with Crippen molar-refractivity contribution in [3.05, 3.63) is 54.1 Å². The molecule has 0 radical (unpaired) electrons. The number of nitrogens with zero attached hydrogens (tertiary/aromatic N) is 4. The van der Waals surface area contributed by atoms with Gasteiger partial charge in [-0.25, -0.2) is 8.42 Å². The van der Waals surface area contributed by atoms with Crippen LogP contribution in [-0.2, 0) is 24.3 Å². The van der Waals surface area contributed by atoms with Crippen molar-refractivity contribution in [1.82, 2.24) is 9.21 Å². The van der Waals surface area contributed by atoms with Crippen molar-refractivity contribution in [1.29, 1.82) is 5.26 Å². The van der Waals surface area contributed by atoms with Gasteiger partial charge in [0.2, 0.25) is 15.9 Å². The van der Waals surface area contributed by atoms with Crippen LogP contribution in [0.5, 0.6) is 5.75 Å². The molecule has 10 nitrogen and oxygen atoms in total. The molecule has 1 saturated heterocycles. The fourth-order valence-electron chi connectivity index (χ4n) is 3.83. The summed E-state index contributed by atoms with van der Waals surface area (Å²) in [5.41, 5.74) is 0.807. The molecular weight excluding hydrogens is 460 g/mol. The summed E-state index contributed by atoms with van der Waals surface area (Å²) in [6, 6.07) is 14.3. The van der Waals surface area contributed by atoms with Gasteiger partial charge in [0.25, 0.3) is 5.91 Å². The maximum Gasteiger partial charge on any atom is 0.265 e. The molecule has 1 fully saturated rings. The summed E-state index contributed by atoms with van der Waals surface area (Å²) in [6.45, 7) is 1.30. The van der Waals surface area contributed by atoms with E-state index in [0.29, 0.717) is 43.3 Å². The zero-order valence-electron chi connectivity index (χ0n) is 18.6. The summed E-state index contributed by atoms with van der Waals surface area (Å²) in [5, 5.41) is 8.92. The Labute approximate surface area is 197 Å². The minimum absolute atomic E-state index is 0.0236. The predicted octanol–water partition coefficient (Wildman–Crippen LogP) is 0.832. The van der Waals surface area contributed by atoms with E-state index >= 15 is 0 Å². The van der Waals surface area contributed by atoms with E-state index in [-0.39, 0.29) is 17.3 Å². The third-order valence-electron chi connectivity index (χ3n) is 5.72. The second-order valence-electron chi connectivity index (χ2n) is 7.91. The molecule has 2 amide bonds. The topological polar surface area (TPSA) is 120 Å². The number of hydrogen-bond acceptors (Lipinski definition) is 7. The Bertz CT molecular complexity index is 1220. The maximum atomic E-state index is 13.3. The Morgan fingerprint density at radius 2 is 1.79 bits per heavy atom. The SMILES string of the molecule is CN(CC(=O)N1CC(C(=O)N2CCOCC2)Oc2ccccc21)S(=O)(=O)c1ccc(C#N)cc1. The van der Waals surface area contributed by atoms with Gasteiger partial charge < -0.3 is 19.3 Å². The number of amides is 2. The number of carbonyl (C=O) groups excluding carboxylic acids is 2. The fraction of sp³-hybridized carbons (Fsp3) is 0.348. The molecule has 1 atom stereocenters. The van der Waals surface area contributed by atoms with Gasteiger partial charge in [-0.2, -0.15) is 9.57 Å². The maximum absolute atomic E-state index is 13.3. The van der Waals surface area contributed by atoms with E-state index in [4.69, 9.17) is 14.7 Å². The number of benzene rings is 2. The number of morpholine rings is 1. The van der Waals surface area contributed by atoms with Crippen LogP contribution in [0.2, 0.25) is 0 Å². The van der Waals surface area contributed by atoms with Crippen molar-refractivity contribution in [3.63, 3.8) is 0 Å². The molecule has 2 heterocycles. The highest BCUT2D eigenvalue weighted by Crippen LogP contribution is 2.34. The van der Waals surface area contributed by atoms with Crippen molar-refractivity contribution < 1.29 is 27.5 Å². The average molecular weight is 485 g/mol. The van der Waals surface area contributed by atoms with Gasteiger partial charge in [0.1, 0.15) is 5.75 Å². The van der Waals surface area contributed by atoms with E-state index in [9.17, 15) is 18.0 Å². The molecule has 0 saturated carbocycles. The van der Waals surface area contributed by atoms with Crippen molar-refractivity contribution in [2.75, 3.05) is 51.3 Å². The highest BCUT2D eigenvalue weighted by molar-refractivity contribution is 7.89. The molecule has 11 heteroatoms. The van der Waals surface area contributed by atoms with Gasteiger partial charge in [0.15, 0.2) is 6.10 Å². The zero-order valence-corrected chi connectivity index (χ0v) is 19.4. The zero-order chi connectivity index (χ0) is 24.3. The summed E-state index contributed by atoms with van der Waals surface area (Å²) in [4.78, 5) is 29.3. The summed E-state index contributed by atoms with van der Waals surface area (Å²) in [5.74, 6) is -0.351. The second kappa shape index (κ2) is 9.80. The van der Waals surface area contributed by atoms with Crippen LogP contribution in [-0.4, -0.2) is 82.0 Å². The van der Waals surface area contributed by atoms with Crippen LogP contribution >= 0.6 is 0 Å². The molecule has 0 spiro atoms. The molecule has 0 bridgehead atoms. The quantitative estimate of drug-likeness (QED) is 0.616. The van der Waals surface area contributed by atoms with Crippen LogP contribution in [0.15, 0.2) is 53.4 Å². The number of carbonyl (C=O) groups is 2. The second-order valence-corrected chi connectivity index (χ2v) is 9.96. The molecule has 1 unspecified atom stereocenters. The number of likely N-dealkylation sites (N-methyl/N-ethyl adjacent to an activating group) is 1. The highest BCUT2D eigenvalue weighted by Gasteiger charge is 2.37. The molecule has 4 rings (SSSR count). The minimum Gasteiger partial charge on any atom is -0.476 e. The van der Waals surface area contributed by atoms with Crippen LogP contribution in [0.25, 0.3) is 0 Å². The van der Waals surface area contributed by atoms with Crippen LogP contribution in [0.3, 0.4) is 0 Å². The van der Waals surface area contributed by atoms with E-state index in [0.717, 1.165) is 4.31 Å². The summed E-state index contributed by atoms with van der Waals surface area (Å²) in [6.07, 6.45) is -0.905. The molecular formula is C23H24N4O6S. The summed E-state index contributed by atoms with van der Waals surface area (Å²) in [7, 11) is -2.65. The number of hydrogen-bond donors (Lipinski definition) is 0. The Morgan fingerprint density at radius 1 is 1.12 bits per heavy atom. The lowest BCUT2D eigenvalue weighted by Crippen LogP contribution is -2.55. The van der Waals surface area contributed by atoms with Gasteiger partial charge in [0, 0.05) is 20.1 Å². The number of sulfonamides is 1. The molecule has 0 aliphatic carbocycles. The monoisotopic (exact) mass is 484 g/mol. The lowest BCUT2D eigenvalue weighted by Gasteiger charge is -2.37. The van der Waals surface area contributed by atoms with Crippen molar-refractivity contribution in [3.8, 4) is 11.8 Å². The van der Waals surface area contributed by atoms with Crippen LogP contribution < -0.4 is 9.64 Å². The van der Waals surface area contributed by atoms with Crippen molar-refractivity contribution in [2.24, 2.45) is 0 Å². The number of fused-ring (bicyclic) bond motifs is 1. The minimum atomic E-state index is -3.97. The standard InChI is InChI=1S/C23H24N4O6S/c1-25(34(30,31)18-8-6-17(14-24)7-9-18)16-22(28)27-15-21(23(29)26-10-12-32-13-11-26)33-20-5-3-2-4-19(20)27/h2-9,21H,10-13,15-16H2,1H3. The first-order valence-corrected chi connectivity index (χ1v) is 12.1. The molecule has 0 N–H and O–H groups in total. The lowest BCUT2D eigenvalue weighted by atomic mass is 10.1. The van der Waals surface area contributed by atoms with Gasteiger partial charge in [0.05, 0.1) is 48.5 Å². The first kappa shape index (κ1) is 23.7. The molecule has 2 aromatic carbocycles. The first-order chi connectivity index (χ1) is 16.3. The lowest BCUT2D eigenvalue weighted by molar-refractivity contribution is -0.142. The summed E-state index contributed by atoms with van der Waals surface area (Å²) >= 11 is 0. The first-order valence-electron chi connectivity index (χ1n) is 10.7. The van der Waals surface area contributed by atoms with Crippen molar-refractivity contribution in [2.45, 2.75) is 11.0 Å². The van der Waals surface area contributed by atoms with Gasteiger partial charge in [-0.15, -0.1) is 0 Å². The van der Waals surface area contributed by atoms with Crippen molar-refractivity contribution >= 4 is 27.5 Å². The highest BCUT2D eigenvalue weighted by atomic mass is 32.2. The molecule has 2 aromatic rings. The predicted molar refractivity (Wildman–Crippen MR) is 122 cm³/mol. The van der Waals surface area contributed by atoms with E-state index in [1.54, 1.807) is 29.2 Å². The third-order valence-corrected chi connectivity index (χ3v) is 7.54. The molecule has 178 valence electrons. The number of rotatable bonds is 5. The van der Waals surface area contributed by atoms with Gasteiger partial charge >= 0.3 is 0 Å². The molecule has 2 aliphatic rings. The number of nitriles is 1. The average Bonchev–Trinajstić information content (AvgIpc) is 2.88. The number of ether oxygens (including phenoxy) is 2. The van der Waals surface area contributed by atoms with Gasteiger partial charge in [-0.05, 0) is 36.4 Å². The fourth-order valence-corrected chi connectivity index (χ4v) is 4.95. The summed E-state index contributed by atoms with van der Waals surface area (Å²) < 4.78 is 38.1.